The van der Waals surface area contributed by atoms with Gasteiger partial charge >= 0.3 is 0 Å². The minimum atomic E-state index is -3.52. The van der Waals surface area contributed by atoms with Gasteiger partial charge in [-0.05, 0) is 5.56 Å². The molecule has 0 aliphatic rings. The number of rotatable bonds is 4. The molecule has 84 valence electrons. The zero-order valence-electron chi connectivity index (χ0n) is 9.05. The van der Waals surface area contributed by atoms with Crippen molar-refractivity contribution in [2.75, 3.05) is 6.26 Å². The van der Waals surface area contributed by atoms with Crippen molar-refractivity contribution < 1.29 is 8.42 Å². The lowest BCUT2D eigenvalue weighted by atomic mass is 9.96. The number of sulfone groups is 1. The van der Waals surface area contributed by atoms with Gasteiger partial charge in [-0.15, -0.1) is 6.58 Å². The van der Waals surface area contributed by atoms with Gasteiger partial charge in [-0.1, -0.05) is 36.4 Å². The fourth-order valence-corrected chi connectivity index (χ4v) is 2.74. The molecule has 0 aromatic heterocycles. The van der Waals surface area contributed by atoms with E-state index >= 15 is 0 Å². The molecule has 0 saturated carbocycles. The third kappa shape index (κ3) is 2.00. The molecule has 0 spiro atoms. The Balaban J connectivity index is 3.49. The molecule has 0 heterocycles. The van der Waals surface area contributed by atoms with Gasteiger partial charge in [0.25, 0.3) is 0 Å². The Morgan fingerprint density at radius 3 is 2.38 bits per heavy atom. The molecule has 3 nitrogen and oxygen atoms in total. The second kappa shape index (κ2) is 4.50. The Bertz CT molecular complexity index is 514. The number of hydrogen-bond donors (Lipinski definition) is 0. The molecule has 0 saturated heterocycles. The third-order valence-electron chi connectivity index (χ3n) is 2.49. The molecule has 0 radical (unpaired) electrons. The summed E-state index contributed by atoms with van der Waals surface area (Å²) in [6, 6.07) is 10.4. The van der Waals surface area contributed by atoms with Gasteiger partial charge in [-0.2, -0.15) is 5.26 Å². The van der Waals surface area contributed by atoms with Gasteiger partial charge in [-0.25, -0.2) is 8.42 Å². The molecule has 0 aliphatic heterocycles. The van der Waals surface area contributed by atoms with Crippen LogP contribution in [-0.2, 0) is 14.6 Å². The number of nitriles is 1. The molecule has 0 aliphatic carbocycles. The van der Waals surface area contributed by atoms with Crippen molar-refractivity contribution in [3.63, 3.8) is 0 Å². The standard InChI is InChI=1S/C12H13NO2S/c1-3-9-12(10-13,16(2,14)15)11-7-5-4-6-8-11/h3-8H,1,9H2,2H3. The van der Waals surface area contributed by atoms with Crippen molar-refractivity contribution in [3.8, 4) is 6.07 Å². The molecule has 1 unspecified atom stereocenters. The Hall–Kier alpha value is -1.60. The maximum atomic E-state index is 11.8. The largest absolute Gasteiger partial charge is 0.227 e. The van der Waals surface area contributed by atoms with Crippen molar-refractivity contribution in [1.29, 1.82) is 5.26 Å². The highest BCUT2D eigenvalue weighted by molar-refractivity contribution is 7.91. The van der Waals surface area contributed by atoms with Crippen molar-refractivity contribution in [1.82, 2.24) is 0 Å². The van der Waals surface area contributed by atoms with Gasteiger partial charge < -0.3 is 0 Å². The molecule has 1 aromatic carbocycles. The summed E-state index contributed by atoms with van der Waals surface area (Å²) in [5.41, 5.74) is 0.486. The van der Waals surface area contributed by atoms with Crippen LogP contribution in [0.1, 0.15) is 12.0 Å². The maximum absolute atomic E-state index is 11.8. The first-order valence-electron chi connectivity index (χ1n) is 4.75. The highest BCUT2D eigenvalue weighted by atomic mass is 32.2. The summed E-state index contributed by atoms with van der Waals surface area (Å²) >= 11 is 0. The van der Waals surface area contributed by atoms with Gasteiger partial charge in [0, 0.05) is 12.7 Å². The molecule has 0 bridgehead atoms. The quantitative estimate of drug-likeness (QED) is 0.750. The van der Waals surface area contributed by atoms with Gasteiger partial charge in [0.15, 0.2) is 14.6 Å². The second-order valence-corrected chi connectivity index (χ2v) is 5.81. The van der Waals surface area contributed by atoms with Crippen LogP contribution in [0.4, 0.5) is 0 Å². The number of nitrogens with zero attached hydrogens (tertiary/aromatic N) is 1. The van der Waals surface area contributed by atoms with Crippen LogP contribution in [0.3, 0.4) is 0 Å². The minimum absolute atomic E-state index is 0.0896. The molecule has 1 aromatic rings. The monoisotopic (exact) mass is 235 g/mol. The van der Waals surface area contributed by atoms with E-state index in [0.29, 0.717) is 5.56 Å². The van der Waals surface area contributed by atoms with Crippen LogP contribution in [0, 0.1) is 11.3 Å². The molecule has 0 N–H and O–H groups in total. The van der Waals surface area contributed by atoms with Gasteiger partial charge in [-0.3, -0.25) is 0 Å². The first-order chi connectivity index (χ1) is 7.48. The molecule has 0 amide bonds. The fourth-order valence-electron chi connectivity index (χ4n) is 1.59. The average molecular weight is 235 g/mol. The van der Waals surface area contributed by atoms with Crippen LogP contribution >= 0.6 is 0 Å². The smallest absolute Gasteiger partial charge is 0.186 e. The third-order valence-corrected chi connectivity index (χ3v) is 4.25. The lowest BCUT2D eigenvalue weighted by molar-refractivity contribution is 0.568. The number of hydrogen-bond acceptors (Lipinski definition) is 3. The average Bonchev–Trinajstić information content (AvgIpc) is 2.25. The normalized spacial score (nSPS) is 14.8. The summed E-state index contributed by atoms with van der Waals surface area (Å²) in [4.78, 5) is 0. The highest BCUT2D eigenvalue weighted by Crippen LogP contribution is 2.33. The second-order valence-electron chi connectivity index (χ2n) is 3.57. The van der Waals surface area contributed by atoms with Crippen LogP contribution in [0.25, 0.3) is 0 Å². The topological polar surface area (TPSA) is 57.9 Å². The van der Waals surface area contributed by atoms with Gasteiger partial charge in [0.05, 0.1) is 6.07 Å². The van der Waals surface area contributed by atoms with Crippen LogP contribution < -0.4 is 0 Å². The summed E-state index contributed by atoms with van der Waals surface area (Å²) in [6.07, 6.45) is 2.62. The summed E-state index contributed by atoms with van der Waals surface area (Å²) in [6.45, 7) is 3.52. The maximum Gasteiger partial charge on any atom is 0.186 e. The van der Waals surface area contributed by atoms with E-state index in [4.69, 9.17) is 0 Å². The minimum Gasteiger partial charge on any atom is -0.227 e. The zero-order valence-corrected chi connectivity index (χ0v) is 9.87. The van der Waals surface area contributed by atoms with Crippen molar-refractivity contribution in [3.05, 3.63) is 48.6 Å². The molecule has 16 heavy (non-hydrogen) atoms. The molecular weight excluding hydrogens is 222 g/mol. The van der Waals surface area contributed by atoms with Crippen LogP contribution in [0.15, 0.2) is 43.0 Å². The Labute approximate surface area is 95.9 Å². The summed E-state index contributed by atoms with van der Waals surface area (Å²) in [7, 11) is -3.52. The van der Waals surface area contributed by atoms with Crippen molar-refractivity contribution in [2.24, 2.45) is 0 Å². The summed E-state index contributed by atoms with van der Waals surface area (Å²) < 4.78 is 22.1. The van der Waals surface area contributed by atoms with E-state index in [-0.39, 0.29) is 6.42 Å². The predicted octanol–water partition coefficient (Wildman–Crippen LogP) is 2.03. The van der Waals surface area contributed by atoms with Crippen LogP contribution in [-0.4, -0.2) is 14.7 Å². The lowest BCUT2D eigenvalue weighted by Gasteiger charge is -2.23. The van der Waals surface area contributed by atoms with E-state index in [1.807, 2.05) is 6.07 Å². The van der Waals surface area contributed by atoms with E-state index in [9.17, 15) is 13.7 Å². The van der Waals surface area contributed by atoms with Gasteiger partial charge in [0.1, 0.15) is 0 Å². The lowest BCUT2D eigenvalue weighted by Crippen LogP contribution is -2.33. The van der Waals surface area contributed by atoms with Crippen molar-refractivity contribution >= 4 is 9.84 Å². The Morgan fingerprint density at radius 2 is 2.00 bits per heavy atom. The summed E-state index contributed by atoms with van der Waals surface area (Å²) in [5, 5.41) is 9.22. The first-order valence-corrected chi connectivity index (χ1v) is 6.64. The van der Waals surface area contributed by atoms with E-state index in [2.05, 4.69) is 6.58 Å². The van der Waals surface area contributed by atoms with Gasteiger partial charge in [0.2, 0.25) is 0 Å². The van der Waals surface area contributed by atoms with Crippen LogP contribution in [0.5, 0.6) is 0 Å². The molecule has 0 fully saturated rings. The molecule has 1 atom stereocenters. The predicted molar refractivity (Wildman–Crippen MR) is 63.4 cm³/mol. The van der Waals surface area contributed by atoms with E-state index < -0.39 is 14.6 Å². The fraction of sp³-hybridized carbons (Fsp3) is 0.250. The highest BCUT2D eigenvalue weighted by Gasteiger charge is 2.41. The first kappa shape index (κ1) is 12.5. The Kier molecular flexibility index (Phi) is 3.51. The van der Waals surface area contributed by atoms with E-state index in [0.717, 1.165) is 6.26 Å². The zero-order chi connectivity index (χ0) is 12.2. The molecule has 4 heteroatoms. The van der Waals surface area contributed by atoms with E-state index in [1.54, 1.807) is 30.3 Å². The molecular formula is C12H13NO2S. The number of allylic oxidation sites excluding steroid dienone is 1. The van der Waals surface area contributed by atoms with Crippen molar-refractivity contribution in [2.45, 2.75) is 11.2 Å². The SMILES string of the molecule is C=CCC(C#N)(c1ccccc1)S(C)(=O)=O. The van der Waals surface area contributed by atoms with Crippen LogP contribution in [0.2, 0.25) is 0 Å². The molecule has 1 rings (SSSR count). The number of benzene rings is 1. The van der Waals surface area contributed by atoms with E-state index in [1.165, 1.54) is 6.08 Å². The summed E-state index contributed by atoms with van der Waals surface area (Å²) in [5.74, 6) is 0. The Morgan fingerprint density at radius 1 is 1.44 bits per heavy atom.